The zero-order valence-electron chi connectivity index (χ0n) is 9.09. The van der Waals surface area contributed by atoms with E-state index in [1.54, 1.807) is 0 Å². The van der Waals surface area contributed by atoms with Gasteiger partial charge < -0.3 is 5.32 Å². The molecule has 0 saturated heterocycles. The minimum absolute atomic E-state index is 0.0144. The number of amides is 1. The highest BCUT2D eigenvalue weighted by Gasteiger charge is 2.38. The lowest BCUT2D eigenvalue weighted by Crippen LogP contribution is -2.46. The van der Waals surface area contributed by atoms with Crippen LogP contribution in [0.25, 0.3) is 0 Å². The van der Waals surface area contributed by atoms with Crippen molar-refractivity contribution in [3.8, 4) is 0 Å². The zero-order chi connectivity index (χ0) is 11.5. The maximum absolute atomic E-state index is 12.5. The molecular weight excluding hydrogens is 200 g/mol. The highest BCUT2D eigenvalue weighted by molar-refractivity contribution is 5.82. The van der Waals surface area contributed by atoms with Crippen LogP contribution in [0.5, 0.6) is 0 Å². The largest absolute Gasteiger partial charge is 0.352 e. The number of alkyl halides is 2. The Bertz CT molecular complexity index is 261. The molecule has 0 aromatic rings. The number of carbonyl (C=O) groups excluding carboxylic acids is 1. The van der Waals surface area contributed by atoms with Crippen molar-refractivity contribution in [1.29, 1.82) is 0 Å². The Morgan fingerprint density at radius 1 is 1.47 bits per heavy atom. The van der Waals surface area contributed by atoms with Crippen molar-refractivity contribution < 1.29 is 13.6 Å². The number of rotatable bonds is 3. The number of carbonyl (C=O) groups is 1. The number of halogens is 2. The van der Waals surface area contributed by atoms with Crippen molar-refractivity contribution in [2.24, 2.45) is 5.41 Å². The van der Waals surface area contributed by atoms with Crippen molar-refractivity contribution >= 4 is 5.91 Å². The van der Waals surface area contributed by atoms with Gasteiger partial charge >= 0.3 is 0 Å². The van der Waals surface area contributed by atoms with E-state index in [-0.39, 0.29) is 6.04 Å². The predicted octanol–water partition coefficient (Wildman–Crippen LogP) is 2.50. The summed E-state index contributed by atoms with van der Waals surface area (Å²) in [6, 6.07) is 0.0144. The zero-order valence-corrected chi connectivity index (χ0v) is 9.09. The van der Waals surface area contributed by atoms with Gasteiger partial charge in [0, 0.05) is 6.04 Å². The van der Waals surface area contributed by atoms with Gasteiger partial charge in [-0.15, -0.1) is 0 Å². The molecule has 0 unspecified atom stereocenters. The topological polar surface area (TPSA) is 29.1 Å². The van der Waals surface area contributed by atoms with Crippen molar-refractivity contribution in [3.63, 3.8) is 0 Å². The van der Waals surface area contributed by atoms with Gasteiger partial charge in [0.2, 0.25) is 5.91 Å². The van der Waals surface area contributed by atoms with Gasteiger partial charge in [0.25, 0.3) is 6.43 Å². The molecule has 1 rings (SSSR count). The molecule has 86 valence electrons. The van der Waals surface area contributed by atoms with E-state index >= 15 is 0 Å². The minimum atomic E-state index is -2.63. The number of nitrogens with one attached hydrogen (secondary N) is 1. The van der Waals surface area contributed by atoms with Gasteiger partial charge in [0.05, 0.1) is 0 Å². The summed E-state index contributed by atoms with van der Waals surface area (Å²) >= 11 is 0. The van der Waals surface area contributed by atoms with E-state index in [1.807, 2.05) is 12.2 Å². The van der Waals surface area contributed by atoms with Crippen LogP contribution in [-0.4, -0.2) is 18.4 Å². The second kappa shape index (κ2) is 4.73. The fourth-order valence-electron chi connectivity index (χ4n) is 1.40. The second-order valence-corrected chi connectivity index (χ2v) is 4.48. The first-order valence-corrected chi connectivity index (χ1v) is 5.18. The molecule has 0 aromatic heterocycles. The average molecular weight is 217 g/mol. The van der Waals surface area contributed by atoms with E-state index in [9.17, 15) is 13.6 Å². The average Bonchev–Trinajstić information content (AvgIpc) is 2.18. The molecule has 1 aliphatic carbocycles. The van der Waals surface area contributed by atoms with Crippen LogP contribution in [-0.2, 0) is 4.79 Å². The summed E-state index contributed by atoms with van der Waals surface area (Å²) in [6.07, 6.45) is 3.87. The van der Waals surface area contributed by atoms with Crippen molar-refractivity contribution in [1.82, 2.24) is 5.32 Å². The van der Waals surface area contributed by atoms with Crippen LogP contribution in [0, 0.1) is 5.41 Å². The van der Waals surface area contributed by atoms with Crippen molar-refractivity contribution in [2.75, 3.05) is 0 Å². The van der Waals surface area contributed by atoms with E-state index in [4.69, 9.17) is 0 Å². The Kier molecular flexibility index (Phi) is 3.83. The lowest BCUT2D eigenvalue weighted by Gasteiger charge is -2.27. The van der Waals surface area contributed by atoms with Crippen LogP contribution in [0.15, 0.2) is 12.2 Å². The van der Waals surface area contributed by atoms with Gasteiger partial charge in [0.15, 0.2) is 0 Å². The molecule has 2 nitrogen and oxygen atoms in total. The minimum Gasteiger partial charge on any atom is -0.352 e. The summed E-state index contributed by atoms with van der Waals surface area (Å²) in [4.78, 5) is 11.6. The summed E-state index contributed by atoms with van der Waals surface area (Å²) in [5.74, 6) is -0.558. The second-order valence-electron chi connectivity index (χ2n) is 4.48. The first kappa shape index (κ1) is 12.1. The number of hydrogen-bond acceptors (Lipinski definition) is 1. The molecule has 0 fully saturated rings. The predicted molar refractivity (Wildman–Crippen MR) is 54.7 cm³/mol. The first-order valence-electron chi connectivity index (χ1n) is 5.18. The van der Waals surface area contributed by atoms with Crippen LogP contribution in [0.1, 0.15) is 33.1 Å². The van der Waals surface area contributed by atoms with Crippen LogP contribution < -0.4 is 5.32 Å². The van der Waals surface area contributed by atoms with Gasteiger partial charge in [-0.3, -0.25) is 4.79 Å². The van der Waals surface area contributed by atoms with Crippen molar-refractivity contribution in [3.05, 3.63) is 12.2 Å². The fourth-order valence-corrected chi connectivity index (χ4v) is 1.40. The van der Waals surface area contributed by atoms with E-state index in [0.29, 0.717) is 0 Å². The molecule has 1 amide bonds. The molecule has 0 aliphatic heterocycles. The molecule has 15 heavy (non-hydrogen) atoms. The maximum Gasteiger partial charge on any atom is 0.252 e. The van der Waals surface area contributed by atoms with Crippen LogP contribution in [0.2, 0.25) is 0 Å². The van der Waals surface area contributed by atoms with E-state index in [0.717, 1.165) is 19.3 Å². The smallest absolute Gasteiger partial charge is 0.252 e. The highest BCUT2D eigenvalue weighted by atomic mass is 19.3. The van der Waals surface area contributed by atoms with E-state index < -0.39 is 17.7 Å². The molecule has 1 N–H and O–H groups in total. The highest BCUT2D eigenvalue weighted by Crippen LogP contribution is 2.25. The molecule has 0 heterocycles. The van der Waals surface area contributed by atoms with Gasteiger partial charge in [-0.2, -0.15) is 0 Å². The first-order chi connectivity index (χ1) is 6.94. The summed E-state index contributed by atoms with van der Waals surface area (Å²) in [6.45, 7) is 2.54. The van der Waals surface area contributed by atoms with Gasteiger partial charge in [0.1, 0.15) is 5.41 Å². The monoisotopic (exact) mass is 217 g/mol. The lowest BCUT2D eigenvalue weighted by atomic mass is 9.91. The van der Waals surface area contributed by atoms with Gasteiger partial charge in [-0.25, -0.2) is 8.78 Å². The fraction of sp³-hybridized carbons (Fsp3) is 0.727. The third-order valence-corrected chi connectivity index (χ3v) is 2.74. The van der Waals surface area contributed by atoms with Gasteiger partial charge in [-0.1, -0.05) is 12.2 Å². The summed E-state index contributed by atoms with van der Waals surface area (Å²) in [7, 11) is 0. The Morgan fingerprint density at radius 3 is 2.60 bits per heavy atom. The summed E-state index contributed by atoms with van der Waals surface area (Å²) in [5.41, 5.74) is -1.60. The third kappa shape index (κ3) is 3.01. The van der Waals surface area contributed by atoms with Crippen molar-refractivity contribution in [2.45, 2.75) is 45.6 Å². The molecule has 4 heteroatoms. The molecule has 0 spiro atoms. The normalized spacial score (nSPS) is 21.8. The molecule has 1 atom stereocenters. The van der Waals surface area contributed by atoms with Crippen LogP contribution in [0.3, 0.4) is 0 Å². The molecule has 1 aliphatic rings. The summed E-state index contributed by atoms with van der Waals surface area (Å²) < 4.78 is 25.1. The number of hydrogen-bond donors (Lipinski definition) is 1. The van der Waals surface area contributed by atoms with Crippen LogP contribution >= 0.6 is 0 Å². The SMILES string of the molecule is CC(C)(C(=O)N[C@@H]1CC=CCC1)C(F)F. The number of allylic oxidation sites excluding steroid dienone is 1. The molecule has 0 radical (unpaired) electrons. The third-order valence-electron chi connectivity index (χ3n) is 2.74. The summed E-state index contributed by atoms with van der Waals surface area (Å²) in [5, 5.41) is 2.67. The Balaban J connectivity index is 2.51. The standard InChI is InChI=1S/C11H17F2NO/c1-11(2,9(12)13)10(15)14-8-6-4-3-5-7-8/h3-4,8-9H,5-7H2,1-2H3,(H,14,15)/t8-/m1/s1. The molecule has 0 aromatic carbocycles. The molecule has 0 bridgehead atoms. The van der Waals surface area contributed by atoms with Gasteiger partial charge in [-0.05, 0) is 33.1 Å². The quantitative estimate of drug-likeness (QED) is 0.723. The maximum atomic E-state index is 12.5. The van der Waals surface area contributed by atoms with Crippen LogP contribution in [0.4, 0.5) is 8.78 Å². The lowest BCUT2D eigenvalue weighted by molar-refractivity contribution is -0.138. The molecular formula is C11H17F2NO. The van der Waals surface area contributed by atoms with E-state index in [1.165, 1.54) is 13.8 Å². The Labute approximate surface area is 88.7 Å². The van der Waals surface area contributed by atoms with E-state index in [2.05, 4.69) is 5.32 Å². The molecule has 0 saturated carbocycles. The Morgan fingerprint density at radius 2 is 2.13 bits per heavy atom. The Hall–Kier alpha value is -0.930.